The number of hydrogen-bond donors (Lipinski definition) is 5. The van der Waals surface area contributed by atoms with E-state index in [-0.39, 0.29) is 17.2 Å². The molecular formula is C96H64BBrN3O6S3. The van der Waals surface area contributed by atoms with E-state index in [4.69, 9.17) is 13.3 Å². The Kier molecular flexibility index (Phi) is 19.8. The van der Waals surface area contributed by atoms with Gasteiger partial charge in [-0.1, -0.05) is 249 Å². The number of nitrogens with zero attached hydrogens (tertiary/aromatic N) is 2. The van der Waals surface area contributed by atoms with E-state index in [1.54, 1.807) is 6.07 Å². The minimum Gasteiger partial charge on any atom is -0.356 e. The third-order valence-corrected chi connectivity index (χ3v) is 22.6. The van der Waals surface area contributed by atoms with Crippen molar-refractivity contribution in [1.29, 1.82) is 0 Å². The summed E-state index contributed by atoms with van der Waals surface area (Å²) in [7, 11) is 4.34. The first-order valence-corrected chi connectivity index (χ1v) is 38.4. The summed E-state index contributed by atoms with van der Waals surface area (Å²) >= 11 is 10.2. The van der Waals surface area contributed by atoms with E-state index < -0.39 is 0 Å². The van der Waals surface area contributed by atoms with Crippen molar-refractivity contribution in [3.63, 3.8) is 0 Å². The first-order valence-electron chi connectivity index (χ1n) is 35.6. The molecule has 21 rings (SSSR count). The number of thiophene rings is 2. The predicted octanol–water partition coefficient (Wildman–Crippen LogP) is 29.1. The number of hydrogen-bond acceptors (Lipinski definition) is 12. The van der Waals surface area contributed by atoms with Gasteiger partial charge in [0.2, 0.25) is 0 Å². The molecule has 16 aromatic carbocycles. The minimum atomic E-state index is 0.111. The molecule has 0 unspecified atom stereocenters. The fourth-order valence-electron chi connectivity index (χ4n) is 14.3. The molecule has 0 fully saturated rings. The second kappa shape index (κ2) is 31.1. The largest absolute Gasteiger partial charge is 0.356 e. The maximum absolute atomic E-state index is 11.8. The number of benzene rings is 16. The molecule has 0 aliphatic carbocycles. The molecule has 9 nitrogen and oxygen atoms in total. The van der Waals surface area contributed by atoms with E-state index in [2.05, 4.69) is 281 Å². The van der Waals surface area contributed by atoms with Crippen molar-refractivity contribution in [3.8, 4) is 61.8 Å². The number of anilines is 5. The van der Waals surface area contributed by atoms with Gasteiger partial charge in [-0.3, -0.25) is 0 Å². The van der Waals surface area contributed by atoms with Gasteiger partial charge in [0, 0.05) is 95.4 Å². The van der Waals surface area contributed by atoms with Crippen LogP contribution in [0.4, 0.5) is 28.4 Å². The summed E-state index contributed by atoms with van der Waals surface area (Å²) in [5, 5.41) is 45.8. The Labute approximate surface area is 655 Å². The molecular weight excluding hydrogens is 1480 g/mol. The molecule has 527 valence electrons. The fraction of sp³-hybridized carbons (Fsp3) is 0. The third kappa shape index (κ3) is 13.9. The number of furan rings is 3. The van der Waals surface area contributed by atoms with Crippen LogP contribution in [-0.4, -0.2) is 23.0 Å². The molecule has 0 aliphatic rings. The van der Waals surface area contributed by atoms with Crippen LogP contribution in [0, 0.1) is 0 Å². The van der Waals surface area contributed by atoms with Gasteiger partial charge >= 0.3 is 24.8 Å². The Bertz CT molecular complexity index is 6900. The Morgan fingerprint density at radius 2 is 0.664 bits per heavy atom. The number of nitrogens with one attached hydrogen (secondary N) is 1. The van der Waals surface area contributed by atoms with Crippen LogP contribution in [0.5, 0.6) is 17.2 Å². The molecule has 0 aliphatic heterocycles. The molecule has 110 heavy (non-hydrogen) atoms. The number of fused-ring (bicyclic) bond motifs is 15. The molecule has 0 spiro atoms. The summed E-state index contributed by atoms with van der Waals surface area (Å²) in [6.45, 7) is 0. The van der Waals surface area contributed by atoms with Gasteiger partial charge in [0.1, 0.15) is 16.7 Å². The van der Waals surface area contributed by atoms with Gasteiger partial charge in [-0.05, 0) is 170 Å². The van der Waals surface area contributed by atoms with Crippen LogP contribution in [0.3, 0.4) is 0 Å². The number of aromatic hydroxyl groups is 3. The number of phenolic OH excluding ortho intramolecular Hbond substituents is 3. The van der Waals surface area contributed by atoms with Crippen LogP contribution >= 0.6 is 51.4 Å². The Hall–Kier alpha value is -12.9. The molecule has 21 aromatic rings. The molecule has 14 heteroatoms. The quantitative estimate of drug-likeness (QED) is 0.0714. The van der Waals surface area contributed by atoms with Crippen molar-refractivity contribution >= 4 is 194 Å². The number of rotatable bonds is 9. The van der Waals surface area contributed by atoms with Crippen molar-refractivity contribution in [1.82, 2.24) is 0 Å². The molecule has 0 atom stereocenters. The summed E-state index contributed by atoms with van der Waals surface area (Å²) in [4.78, 5) is 2.10. The topological polar surface area (TPSA) is 128 Å². The normalized spacial score (nSPS) is 11.1. The van der Waals surface area contributed by atoms with Crippen LogP contribution in [0.15, 0.2) is 380 Å². The van der Waals surface area contributed by atoms with Gasteiger partial charge in [0.25, 0.3) is 0 Å². The third-order valence-electron chi connectivity index (χ3n) is 19.5. The van der Waals surface area contributed by atoms with Gasteiger partial charge < -0.3 is 38.8 Å². The second-order valence-electron chi connectivity index (χ2n) is 26.1. The minimum absolute atomic E-state index is 0.111. The van der Waals surface area contributed by atoms with Crippen LogP contribution in [0.2, 0.25) is 0 Å². The molecule has 0 saturated heterocycles. The van der Waals surface area contributed by atoms with E-state index in [0.29, 0.717) is 26.9 Å². The van der Waals surface area contributed by atoms with Crippen LogP contribution in [0.25, 0.3) is 151 Å². The maximum atomic E-state index is 11.8. The van der Waals surface area contributed by atoms with Crippen LogP contribution < -0.4 is 10.2 Å². The zero-order chi connectivity index (χ0) is 74.6. The van der Waals surface area contributed by atoms with Crippen molar-refractivity contribution in [3.05, 3.63) is 362 Å². The van der Waals surface area contributed by atoms with Crippen LogP contribution in [-0.2, 0) is 0 Å². The number of phenols is 3. The Morgan fingerprint density at radius 3 is 1.15 bits per heavy atom. The monoisotopic (exact) mass is 1540 g/mol. The van der Waals surface area contributed by atoms with Crippen molar-refractivity contribution < 1.29 is 28.6 Å². The van der Waals surface area contributed by atoms with Gasteiger partial charge in [0.15, 0.2) is 34.0 Å². The second-order valence-corrected chi connectivity index (χ2v) is 29.3. The average molecular weight is 1540 g/mol. The molecule has 0 bridgehead atoms. The maximum Gasteiger partial charge on any atom is 0.0433 e. The van der Waals surface area contributed by atoms with Gasteiger partial charge in [0.05, 0.1) is 10.2 Å². The standard InChI is InChI=1S/C42H27NO2S.C30H21NS.C12H7BrO2.C12H8O2.BHNS/c44-40-37(26-25-35-33-11-4-6-15-38(33)45-41(35)40)43(30-21-17-28(18-22-30)27-9-2-1-3-10-27)31-23-19-29(20-24-31)32-13-8-14-36-34-12-5-7-16-39(34)46-42(32)36;1-2-7-21(8-3-1)22-13-17-24(18-14-22)31-25-19-15-23(16-20-25)26-10-6-11-28-27-9-4-5-12-29(27)32-30(26)28;13-9-6-5-8-7-3-1-2-4-10(7)15-12(8)11(9)14;13-10-6-3-5-9-8-4-1-2-7-11(8)14-12(9)10;1-2-3/h1-26,44H;1-20,31H;1-6,14H;1-7,13H;3H. The van der Waals surface area contributed by atoms with E-state index in [9.17, 15) is 15.3 Å². The van der Waals surface area contributed by atoms with Gasteiger partial charge in [-0.25, -0.2) is 0 Å². The number of para-hydroxylation sites is 4. The van der Waals surface area contributed by atoms with Crippen molar-refractivity contribution in [2.45, 2.75) is 0 Å². The summed E-state index contributed by atoms with van der Waals surface area (Å²) in [6.07, 6.45) is 0. The fourth-order valence-corrected chi connectivity index (χ4v) is 17.1. The molecule has 5 aromatic heterocycles. The Morgan fingerprint density at radius 1 is 0.318 bits per heavy atom. The van der Waals surface area contributed by atoms with Crippen molar-refractivity contribution in [2.75, 3.05) is 10.2 Å². The predicted molar refractivity (Wildman–Crippen MR) is 469 cm³/mol. The molecule has 5 heterocycles. The Balaban J connectivity index is 0.000000118. The summed E-state index contributed by atoms with van der Waals surface area (Å²) in [5.74, 6) is 0.461. The number of thiol groups is 1. The number of halogens is 1. The molecule has 0 saturated carbocycles. The molecule has 4 N–H and O–H groups in total. The zero-order valence-corrected chi connectivity index (χ0v) is 62.9. The first-order chi connectivity index (χ1) is 54.1. The van der Waals surface area contributed by atoms with Gasteiger partial charge in [-0.2, -0.15) is 0 Å². The van der Waals surface area contributed by atoms with Gasteiger partial charge in [-0.15, -0.1) is 22.7 Å². The first kappa shape index (κ1) is 70.1. The van der Waals surface area contributed by atoms with E-state index in [1.165, 1.54) is 68.2 Å². The van der Waals surface area contributed by atoms with E-state index in [1.807, 2.05) is 144 Å². The zero-order valence-electron chi connectivity index (χ0n) is 58.7. The van der Waals surface area contributed by atoms with Crippen molar-refractivity contribution in [2.24, 2.45) is 4.30 Å². The summed E-state index contributed by atoms with van der Waals surface area (Å²) in [5.41, 5.74) is 18.3. The molecule has 0 amide bonds. The average Bonchev–Trinajstić information content (AvgIpc) is 1.63. The molecule has 1 radical (unpaired) electrons. The SMILES string of the molecule is Oc1c(Br)ccc2c1oc1ccccc12.Oc1c(N(c2ccc(-c3ccccc3)cc2)c2ccc(-c3cccc4c3sc3ccccc34)cc2)ccc2c1oc1ccccc12.Oc1cccc2c1oc1ccccc12.[B]=NS.c1ccc(-c2ccc(Nc3ccc(-c4cccc5c4sc4ccccc45)cc3)cc2)cc1. The van der Waals surface area contributed by atoms with Crippen LogP contribution in [0.1, 0.15) is 0 Å². The van der Waals surface area contributed by atoms with E-state index in [0.717, 1.165) is 88.5 Å². The smallest absolute Gasteiger partial charge is 0.0433 e. The summed E-state index contributed by atoms with van der Waals surface area (Å²) < 4.78 is 25.9. The summed E-state index contributed by atoms with van der Waals surface area (Å²) in [6, 6.07) is 122. The van der Waals surface area contributed by atoms with E-state index >= 15 is 0 Å².